The molecule has 1 N–H and O–H groups in total. The molecule has 0 aliphatic carbocycles. The molecule has 0 aliphatic rings. The molecule has 10 heteroatoms. The lowest BCUT2D eigenvalue weighted by atomic mass is 10.1. The number of carbonyl (C=O) groups excluding carboxylic acids is 2. The Morgan fingerprint density at radius 2 is 1.59 bits per heavy atom. The summed E-state index contributed by atoms with van der Waals surface area (Å²) in [6.07, 6.45) is 0. The van der Waals surface area contributed by atoms with Crippen LogP contribution in [-0.4, -0.2) is 45.0 Å². The number of nitrogens with one attached hydrogen (secondary N) is 1. The molecule has 0 spiro atoms. The summed E-state index contributed by atoms with van der Waals surface area (Å²) < 4.78 is 47.9. The second-order valence-corrected chi connectivity index (χ2v) is 8.00. The standard InChI is InChI=1S/C17H15ClF2N2O4S/c1-22(2)16(24)11-5-8-13(18)14(9-11)21-15(23)10-3-6-12(7-4-10)27(25,26)17(19)20/h3-9,17H,1-2H3,(H,21,23). The van der Waals surface area contributed by atoms with E-state index in [1.165, 1.54) is 23.1 Å². The van der Waals surface area contributed by atoms with Gasteiger partial charge in [-0.25, -0.2) is 8.42 Å². The van der Waals surface area contributed by atoms with Crippen molar-refractivity contribution in [3.05, 3.63) is 58.6 Å². The largest absolute Gasteiger partial charge is 0.345 e. The lowest BCUT2D eigenvalue weighted by molar-refractivity contribution is 0.0827. The summed E-state index contributed by atoms with van der Waals surface area (Å²) in [4.78, 5) is 25.1. The summed E-state index contributed by atoms with van der Waals surface area (Å²) in [5.74, 6) is -4.48. The molecule has 0 atom stereocenters. The SMILES string of the molecule is CN(C)C(=O)c1ccc(Cl)c(NC(=O)c2ccc(S(=O)(=O)C(F)F)cc2)c1. The van der Waals surface area contributed by atoms with Gasteiger partial charge in [-0.1, -0.05) is 11.6 Å². The molecule has 6 nitrogen and oxygen atoms in total. The normalized spacial score (nSPS) is 11.3. The lowest BCUT2D eigenvalue weighted by Gasteiger charge is -2.13. The van der Waals surface area contributed by atoms with Gasteiger partial charge in [0.25, 0.3) is 11.8 Å². The Morgan fingerprint density at radius 1 is 1.04 bits per heavy atom. The van der Waals surface area contributed by atoms with Crippen molar-refractivity contribution in [2.24, 2.45) is 0 Å². The maximum Gasteiger partial charge on any atom is 0.341 e. The number of hydrogen-bond donors (Lipinski definition) is 1. The smallest absolute Gasteiger partial charge is 0.341 e. The first kappa shape index (κ1) is 20.8. The van der Waals surface area contributed by atoms with Gasteiger partial charge in [-0.05, 0) is 42.5 Å². The summed E-state index contributed by atoms with van der Waals surface area (Å²) >= 11 is 6.03. The Hall–Kier alpha value is -2.52. The van der Waals surface area contributed by atoms with Crippen molar-refractivity contribution in [2.75, 3.05) is 19.4 Å². The highest BCUT2D eigenvalue weighted by Crippen LogP contribution is 2.25. The topological polar surface area (TPSA) is 83.6 Å². The first-order chi connectivity index (χ1) is 12.5. The van der Waals surface area contributed by atoms with E-state index in [4.69, 9.17) is 11.6 Å². The molecule has 0 radical (unpaired) electrons. The van der Waals surface area contributed by atoms with Gasteiger partial charge in [0.2, 0.25) is 9.84 Å². The van der Waals surface area contributed by atoms with E-state index in [0.717, 1.165) is 24.3 Å². The molecule has 0 aliphatic heterocycles. The van der Waals surface area contributed by atoms with E-state index in [-0.39, 0.29) is 22.2 Å². The summed E-state index contributed by atoms with van der Waals surface area (Å²) in [5, 5.41) is 2.69. The fraction of sp³-hybridized carbons (Fsp3) is 0.176. The Balaban J connectivity index is 2.25. The maximum atomic E-state index is 12.5. The van der Waals surface area contributed by atoms with Crippen LogP contribution in [0.3, 0.4) is 0 Å². The average Bonchev–Trinajstić information content (AvgIpc) is 2.62. The summed E-state index contributed by atoms with van der Waals surface area (Å²) in [7, 11) is -1.59. The molecule has 0 aromatic heterocycles. The van der Waals surface area contributed by atoms with Crippen LogP contribution < -0.4 is 5.32 Å². The third kappa shape index (κ3) is 4.61. The molecule has 0 saturated carbocycles. The zero-order chi connectivity index (χ0) is 20.4. The number of carbonyl (C=O) groups is 2. The number of anilines is 1. The monoisotopic (exact) mass is 416 g/mol. The third-order valence-electron chi connectivity index (χ3n) is 3.55. The van der Waals surface area contributed by atoms with E-state index in [1.54, 1.807) is 14.1 Å². The van der Waals surface area contributed by atoms with Gasteiger partial charge in [0.05, 0.1) is 15.6 Å². The number of halogens is 3. The molecule has 0 heterocycles. The van der Waals surface area contributed by atoms with Gasteiger partial charge in [0.1, 0.15) is 0 Å². The number of rotatable bonds is 5. The molecular formula is C17H15ClF2N2O4S. The maximum absolute atomic E-state index is 12.5. The van der Waals surface area contributed by atoms with Crippen LogP contribution in [0.25, 0.3) is 0 Å². The summed E-state index contributed by atoms with van der Waals surface area (Å²) in [5.41, 5.74) is 0.514. The predicted octanol–water partition coefficient (Wildman–Crippen LogP) is 3.29. The van der Waals surface area contributed by atoms with Crippen molar-refractivity contribution in [3.8, 4) is 0 Å². The van der Waals surface area contributed by atoms with Gasteiger partial charge in [-0.15, -0.1) is 0 Å². The van der Waals surface area contributed by atoms with Gasteiger partial charge in [0.15, 0.2) is 0 Å². The fourth-order valence-electron chi connectivity index (χ4n) is 2.11. The Labute approximate surface area is 159 Å². The Kier molecular flexibility index (Phi) is 6.17. The lowest BCUT2D eigenvalue weighted by Crippen LogP contribution is -2.22. The van der Waals surface area contributed by atoms with E-state index in [2.05, 4.69) is 5.32 Å². The van der Waals surface area contributed by atoms with Crippen LogP contribution in [0.2, 0.25) is 5.02 Å². The number of sulfone groups is 1. The van der Waals surface area contributed by atoms with Crippen LogP contribution in [0.15, 0.2) is 47.4 Å². The fourth-order valence-corrected chi connectivity index (χ4v) is 2.99. The first-order valence-electron chi connectivity index (χ1n) is 7.48. The molecule has 0 bridgehead atoms. The van der Waals surface area contributed by atoms with Crippen LogP contribution in [0.5, 0.6) is 0 Å². The molecule has 2 amide bonds. The second kappa shape index (κ2) is 8.01. The molecular weight excluding hydrogens is 402 g/mol. The van der Waals surface area contributed by atoms with Gasteiger partial charge in [-0.2, -0.15) is 8.78 Å². The zero-order valence-corrected chi connectivity index (χ0v) is 15.8. The van der Waals surface area contributed by atoms with Gasteiger partial charge >= 0.3 is 5.76 Å². The summed E-state index contributed by atoms with van der Waals surface area (Å²) in [6.45, 7) is 0. The highest BCUT2D eigenvalue weighted by Gasteiger charge is 2.26. The van der Waals surface area contributed by atoms with Crippen molar-refractivity contribution < 1.29 is 26.8 Å². The number of alkyl halides is 2. The quantitative estimate of drug-likeness (QED) is 0.810. The van der Waals surface area contributed by atoms with Gasteiger partial charge in [0, 0.05) is 25.2 Å². The molecule has 2 aromatic rings. The predicted molar refractivity (Wildman–Crippen MR) is 97.1 cm³/mol. The minimum Gasteiger partial charge on any atom is -0.345 e. The number of hydrogen-bond acceptors (Lipinski definition) is 4. The third-order valence-corrected chi connectivity index (χ3v) is 5.28. The van der Waals surface area contributed by atoms with E-state index in [0.29, 0.717) is 5.56 Å². The first-order valence-corrected chi connectivity index (χ1v) is 9.41. The minimum atomic E-state index is -4.74. The minimum absolute atomic E-state index is 0.0311. The number of nitrogens with zero attached hydrogens (tertiary/aromatic N) is 1. The zero-order valence-electron chi connectivity index (χ0n) is 14.2. The van der Waals surface area contributed by atoms with Crippen LogP contribution in [0.1, 0.15) is 20.7 Å². The average molecular weight is 417 g/mol. The van der Waals surface area contributed by atoms with Crippen LogP contribution in [0, 0.1) is 0 Å². The molecule has 0 unspecified atom stereocenters. The van der Waals surface area contributed by atoms with Crippen molar-refractivity contribution in [1.82, 2.24) is 4.90 Å². The molecule has 2 rings (SSSR count). The molecule has 27 heavy (non-hydrogen) atoms. The Morgan fingerprint density at radius 3 is 2.11 bits per heavy atom. The van der Waals surface area contributed by atoms with Crippen molar-refractivity contribution in [1.29, 1.82) is 0 Å². The highest BCUT2D eigenvalue weighted by molar-refractivity contribution is 7.91. The molecule has 2 aromatic carbocycles. The van der Waals surface area contributed by atoms with E-state index in [9.17, 15) is 26.8 Å². The van der Waals surface area contributed by atoms with Crippen molar-refractivity contribution in [2.45, 2.75) is 10.7 Å². The molecule has 144 valence electrons. The van der Waals surface area contributed by atoms with Crippen LogP contribution >= 0.6 is 11.6 Å². The Bertz CT molecular complexity index is 977. The van der Waals surface area contributed by atoms with E-state index in [1.807, 2.05) is 0 Å². The molecule has 0 saturated heterocycles. The number of benzene rings is 2. The van der Waals surface area contributed by atoms with Crippen molar-refractivity contribution in [3.63, 3.8) is 0 Å². The summed E-state index contributed by atoms with van der Waals surface area (Å²) in [6, 6.07) is 8.41. The molecule has 0 fully saturated rings. The van der Waals surface area contributed by atoms with E-state index < -0.39 is 26.4 Å². The number of amides is 2. The van der Waals surface area contributed by atoms with Crippen molar-refractivity contribution >= 4 is 38.9 Å². The highest BCUT2D eigenvalue weighted by atomic mass is 35.5. The van der Waals surface area contributed by atoms with Gasteiger partial charge in [-0.3, -0.25) is 9.59 Å². The van der Waals surface area contributed by atoms with E-state index >= 15 is 0 Å². The van der Waals surface area contributed by atoms with Gasteiger partial charge < -0.3 is 10.2 Å². The second-order valence-electron chi connectivity index (χ2n) is 5.68. The van der Waals surface area contributed by atoms with Crippen LogP contribution in [0.4, 0.5) is 14.5 Å². The van der Waals surface area contributed by atoms with Crippen LogP contribution in [-0.2, 0) is 9.84 Å².